The summed E-state index contributed by atoms with van der Waals surface area (Å²) in [5.74, 6) is -0.218. The number of nitrogens with zero attached hydrogens (tertiary/aromatic N) is 1. The summed E-state index contributed by atoms with van der Waals surface area (Å²) in [7, 11) is 0. The first-order valence-electron chi connectivity index (χ1n) is 10.5. The highest BCUT2D eigenvalue weighted by Gasteiger charge is 2.40. The van der Waals surface area contributed by atoms with Crippen molar-refractivity contribution in [2.24, 2.45) is 0 Å². The maximum Gasteiger partial charge on any atom is 0.321 e. The van der Waals surface area contributed by atoms with Gasteiger partial charge in [0.2, 0.25) is 0 Å². The van der Waals surface area contributed by atoms with E-state index in [1.807, 2.05) is 91.0 Å². The number of thiol groups is 1. The molecule has 1 aliphatic heterocycles. The molecule has 0 N–H and O–H groups in total. The maximum atomic E-state index is 13.2. The molecule has 0 spiro atoms. The van der Waals surface area contributed by atoms with Gasteiger partial charge in [0.05, 0.1) is 6.54 Å². The van der Waals surface area contributed by atoms with Crippen LogP contribution in [0.4, 0.5) is 0 Å². The number of rotatable bonds is 6. The van der Waals surface area contributed by atoms with Crippen molar-refractivity contribution < 1.29 is 9.53 Å². The molecule has 4 rings (SSSR count). The zero-order chi connectivity index (χ0) is 20.8. The van der Waals surface area contributed by atoms with Crippen LogP contribution in [-0.2, 0) is 15.1 Å². The van der Waals surface area contributed by atoms with Gasteiger partial charge in [-0.05, 0) is 25.9 Å². The predicted molar refractivity (Wildman–Crippen MR) is 124 cm³/mol. The Labute approximate surface area is 184 Å². The first-order valence-corrected chi connectivity index (χ1v) is 11.0. The zero-order valence-electron chi connectivity index (χ0n) is 17.0. The van der Waals surface area contributed by atoms with Crippen molar-refractivity contribution in [3.05, 3.63) is 108 Å². The van der Waals surface area contributed by atoms with Gasteiger partial charge in [-0.15, -0.1) is 0 Å². The average molecular weight is 418 g/mol. The summed E-state index contributed by atoms with van der Waals surface area (Å²) in [5.41, 5.74) is 1.81. The van der Waals surface area contributed by atoms with Crippen molar-refractivity contribution in [1.82, 2.24) is 4.90 Å². The van der Waals surface area contributed by atoms with Crippen molar-refractivity contribution in [2.45, 2.75) is 23.7 Å². The van der Waals surface area contributed by atoms with Crippen LogP contribution in [0.3, 0.4) is 0 Å². The van der Waals surface area contributed by atoms with Crippen LogP contribution in [-0.4, -0.2) is 35.8 Å². The van der Waals surface area contributed by atoms with E-state index in [1.165, 1.54) is 0 Å². The second kappa shape index (κ2) is 9.50. The van der Waals surface area contributed by atoms with Gasteiger partial charge in [-0.25, -0.2) is 0 Å². The fourth-order valence-corrected chi connectivity index (χ4v) is 4.39. The molecule has 1 heterocycles. The van der Waals surface area contributed by atoms with Crippen molar-refractivity contribution >= 4 is 18.6 Å². The highest BCUT2D eigenvalue weighted by Crippen LogP contribution is 2.40. The van der Waals surface area contributed by atoms with Crippen LogP contribution in [0.15, 0.2) is 91.0 Å². The first kappa shape index (κ1) is 20.7. The van der Waals surface area contributed by atoms with Crippen molar-refractivity contribution in [1.29, 1.82) is 0 Å². The normalized spacial score (nSPS) is 15.6. The third-order valence-corrected chi connectivity index (χ3v) is 6.23. The van der Waals surface area contributed by atoms with Crippen molar-refractivity contribution in [3.63, 3.8) is 0 Å². The number of likely N-dealkylation sites (tertiary alicyclic amines) is 1. The van der Waals surface area contributed by atoms with E-state index < -0.39 is 5.60 Å². The van der Waals surface area contributed by atoms with Gasteiger partial charge >= 0.3 is 5.97 Å². The van der Waals surface area contributed by atoms with Crippen molar-refractivity contribution in [2.75, 3.05) is 19.6 Å². The van der Waals surface area contributed by atoms with Gasteiger partial charge in [0.15, 0.2) is 5.60 Å². The molecule has 3 aromatic carbocycles. The molecule has 3 nitrogen and oxygen atoms in total. The number of ether oxygens (including phenoxy) is 1. The van der Waals surface area contributed by atoms with Crippen LogP contribution in [0.5, 0.6) is 0 Å². The lowest BCUT2D eigenvalue weighted by Gasteiger charge is -2.36. The largest absolute Gasteiger partial charge is 0.443 e. The summed E-state index contributed by atoms with van der Waals surface area (Å²) in [6.45, 7) is 2.03. The molecular weight excluding hydrogens is 390 g/mol. The van der Waals surface area contributed by atoms with Gasteiger partial charge in [0, 0.05) is 21.9 Å². The third-order valence-electron chi connectivity index (χ3n) is 5.72. The molecule has 0 bridgehead atoms. The molecule has 3 aromatic rings. The quantitative estimate of drug-likeness (QED) is 0.351. The summed E-state index contributed by atoms with van der Waals surface area (Å²) < 4.78 is 6.43. The molecule has 0 radical (unpaired) electrons. The summed E-state index contributed by atoms with van der Waals surface area (Å²) in [6.07, 6.45) is 2.00. The summed E-state index contributed by atoms with van der Waals surface area (Å²) >= 11 is 4.56. The summed E-state index contributed by atoms with van der Waals surface area (Å²) in [4.78, 5) is 15.4. The van der Waals surface area contributed by atoms with Gasteiger partial charge < -0.3 is 4.74 Å². The Morgan fingerprint density at radius 2 is 1.20 bits per heavy atom. The van der Waals surface area contributed by atoms with Crippen LogP contribution in [0.1, 0.15) is 29.5 Å². The van der Waals surface area contributed by atoms with Gasteiger partial charge in [-0.1, -0.05) is 91.0 Å². The number of benzene rings is 3. The Morgan fingerprint density at radius 3 is 1.60 bits per heavy atom. The Balaban J connectivity index is 1.74. The van der Waals surface area contributed by atoms with Crippen LogP contribution in [0.25, 0.3) is 0 Å². The molecule has 0 aliphatic carbocycles. The third kappa shape index (κ3) is 4.45. The van der Waals surface area contributed by atoms with Crippen LogP contribution >= 0.6 is 12.6 Å². The van der Waals surface area contributed by atoms with Gasteiger partial charge in [-0.3, -0.25) is 9.69 Å². The zero-order valence-corrected chi connectivity index (χ0v) is 17.9. The van der Waals surface area contributed by atoms with E-state index in [2.05, 4.69) is 17.5 Å². The van der Waals surface area contributed by atoms with E-state index in [0.29, 0.717) is 5.25 Å². The Morgan fingerprint density at radius 1 is 0.800 bits per heavy atom. The molecule has 1 fully saturated rings. The predicted octanol–water partition coefficient (Wildman–Crippen LogP) is 4.92. The maximum absolute atomic E-state index is 13.2. The van der Waals surface area contributed by atoms with Crippen molar-refractivity contribution in [3.8, 4) is 0 Å². The summed E-state index contributed by atoms with van der Waals surface area (Å²) in [5, 5.41) is 0.425. The van der Waals surface area contributed by atoms with Crippen LogP contribution in [0, 0.1) is 0 Å². The molecule has 0 atom stereocenters. The Bertz CT molecular complexity index is 842. The van der Waals surface area contributed by atoms with Crippen LogP contribution in [0.2, 0.25) is 0 Å². The average Bonchev–Trinajstić information content (AvgIpc) is 2.81. The molecule has 0 unspecified atom stereocenters. The van der Waals surface area contributed by atoms with Gasteiger partial charge in [0.1, 0.15) is 0 Å². The van der Waals surface area contributed by atoms with E-state index in [-0.39, 0.29) is 12.5 Å². The molecule has 30 heavy (non-hydrogen) atoms. The number of carbonyl (C=O) groups is 1. The summed E-state index contributed by atoms with van der Waals surface area (Å²) in [6, 6.07) is 30.0. The molecular formula is C26H27NO2S. The second-order valence-corrected chi connectivity index (χ2v) is 8.49. The molecule has 1 aliphatic rings. The monoisotopic (exact) mass is 417 g/mol. The fraction of sp³-hybridized carbons (Fsp3) is 0.269. The minimum atomic E-state index is -0.997. The van der Waals surface area contributed by atoms with E-state index in [4.69, 9.17) is 4.74 Å². The second-order valence-electron chi connectivity index (χ2n) is 7.76. The van der Waals surface area contributed by atoms with E-state index in [1.54, 1.807) is 0 Å². The molecule has 1 saturated heterocycles. The lowest BCUT2D eigenvalue weighted by Crippen LogP contribution is -2.42. The molecule has 4 heteroatoms. The number of piperidine rings is 1. The number of carbonyl (C=O) groups excluding carboxylic acids is 1. The lowest BCUT2D eigenvalue weighted by molar-refractivity contribution is -0.155. The Kier molecular flexibility index (Phi) is 6.56. The molecule has 0 aromatic heterocycles. The molecule has 0 amide bonds. The smallest absolute Gasteiger partial charge is 0.321 e. The van der Waals surface area contributed by atoms with E-state index in [9.17, 15) is 4.79 Å². The first-order chi connectivity index (χ1) is 14.7. The number of esters is 1. The molecule has 154 valence electrons. The minimum Gasteiger partial charge on any atom is -0.443 e. The molecule has 0 saturated carbocycles. The number of hydrogen-bond donors (Lipinski definition) is 1. The minimum absolute atomic E-state index is 0.218. The van der Waals surface area contributed by atoms with E-state index >= 15 is 0 Å². The number of hydrogen-bond acceptors (Lipinski definition) is 4. The lowest BCUT2D eigenvalue weighted by atomic mass is 9.80. The Hall–Kier alpha value is -2.56. The van der Waals surface area contributed by atoms with Gasteiger partial charge in [0.25, 0.3) is 0 Å². The topological polar surface area (TPSA) is 29.5 Å². The highest BCUT2D eigenvalue weighted by atomic mass is 32.1. The standard InChI is InChI=1S/C26H27NO2S/c28-25(20-27-18-16-24(30)17-19-27)29-26(21-10-4-1-5-11-21,22-12-6-2-7-13-22)23-14-8-3-9-15-23/h1-15,24,30H,16-20H2. The van der Waals surface area contributed by atoms with E-state index in [0.717, 1.165) is 42.6 Å². The van der Waals surface area contributed by atoms with Gasteiger partial charge in [-0.2, -0.15) is 12.6 Å². The SMILES string of the molecule is O=C(CN1CCC(S)CC1)OC(c1ccccc1)(c1ccccc1)c1ccccc1. The van der Waals surface area contributed by atoms with Crippen LogP contribution < -0.4 is 0 Å². The highest BCUT2D eigenvalue weighted by molar-refractivity contribution is 7.80. The fourth-order valence-electron chi connectivity index (χ4n) is 4.16.